The zero-order valence-corrected chi connectivity index (χ0v) is 22.8. The van der Waals surface area contributed by atoms with Crippen molar-refractivity contribution in [1.29, 1.82) is 0 Å². The number of amides is 1. The predicted octanol–water partition coefficient (Wildman–Crippen LogP) is 4.95. The van der Waals surface area contributed by atoms with Crippen LogP contribution in [0.2, 0.25) is 0 Å². The van der Waals surface area contributed by atoms with Gasteiger partial charge in [0.25, 0.3) is 0 Å². The molecule has 0 radical (unpaired) electrons. The smallest absolute Gasteiger partial charge is 0.407 e. The molecule has 9 heteroatoms. The number of Topliss-reactive ketones (excluding diaryl/α,β-unsaturated/α-hetero) is 1. The van der Waals surface area contributed by atoms with Gasteiger partial charge in [-0.1, -0.05) is 12.1 Å². The number of ether oxygens (including phenoxy) is 1. The summed E-state index contributed by atoms with van der Waals surface area (Å²) in [6.07, 6.45) is 8.70. The Balaban J connectivity index is 1.22. The molecule has 5 rings (SSSR count). The Labute approximate surface area is 228 Å². The molecule has 0 spiro atoms. The highest BCUT2D eigenvalue weighted by molar-refractivity contribution is 5.98. The van der Waals surface area contributed by atoms with Gasteiger partial charge in [-0.2, -0.15) is 5.10 Å². The van der Waals surface area contributed by atoms with E-state index in [2.05, 4.69) is 37.4 Å². The summed E-state index contributed by atoms with van der Waals surface area (Å²) in [5, 5.41) is 9.27. The molecule has 0 atom stereocenters. The van der Waals surface area contributed by atoms with E-state index < -0.39 is 5.60 Å². The third-order valence-corrected chi connectivity index (χ3v) is 6.77. The summed E-state index contributed by atoms with van der Waals surface area (Å²) in [4.78, 5) is 36.5. The number of alkyl carbamates (subject to hydrolysis) is 1. The number of anilines is 1. The zero-order valence-electron chi connectivity index (χ0n) is 22.8. The number of carbonyl (C=O) groups excluding carboxylic acids is 2. The van der Waals surface area contributed by atoms with Crippen LogP contribution in [-0.4, -0.2) is 56.4 Å². The van der Waals surface area contributed by atoms with Crippen molar-refractivity contribution in [2.24, 2.45) is 7.05 Å². The van der Waals surface area contributed by atoms with Crippen molar-refractivity contribution in [3.05, 3.63) is 72.4 Å². The molecule has 0 unspecified atom stereocenters. The first-order chi connectivity index (χ1) is 18.6. The van der Waals surface area contributed by atoms with Gasteiger partial charge in [0, 0.05) is 67.0 Å². The fourth-order valence-corrected chi connectivity index (χ4v) is 4.79. The molecule has 1 aliphatic rings. The van der Waals surface area contributed by atoms with Crippen LogP contribution in [0.1, 0.15) is 49.7 Å². The van der Waals surface area contributed by atoms with E-state index in [4.69, 9.17) is 4.74 Å². The number of aryl methyl sites for hydroxylation is 1. The highest BCUT2D eigenvalue weighted by Gasteiger charge is 2.24. The van der Waals surface area contributed by atoms with E-state index in [0.717, 1.165) is 59.3 Å². The molecule has 0 saturated carbocycles. The van der Waals surface area contributed by atoms with E-state index in [1.165, 1.54) is 0 Å². The zero-order chi connectivity index (χ0) is 27.6. The minimum atomic E-state index is -0.521. The second-order valence-electron chi connectivity index (χ2n) is 11.1. The number of aromatic nitrogens is 4. The Hall–Kier alpha value is -4.27. The Morgan fingerprint density at radius 2 is 1.79 bits per heavy atom. The summed E-state index contributed by atoms with van der Waals surface area (Å²) in [6.45, 7) is 7.02. The van der Waals surface area contributed by atoms with Crippen LogP contribution >= 0.6 is 0 Å². The number of pyridine rings is 2. The SMILES string of the molecule is Cn1cc(-c2ccc3cnc(CC(=O)c4ccnc(N5CCC(NC(=O)OC(C)(C)C)CC5)c4)cc3c2)cn1. The summed E-state index contributed by atoms with van der Waals surface area (Å²) >= 11 is 0. The average molecular weight is 527 g/mol. The molecule has 1 amide bonds. The van der Waals surface area contributed by atoms with Crippen molar-refractivity contribution in [1.82, 2.24) is 25.1 Å². The maximum Gasteiger partial charge on any atom is 0.407 e. The molecule has 0 bridgehead atoms. The molecule has 1 N–H and O–H groups in total. The molecular weight excluding hydrogens is 492 g/mol. The molecule has 4 heterocycles. The van der Waals surface area contributed by atoms with Crippen LogP contribution in [0.5, 0.6) is 0 Å². The number of hydrogen-bond donors (Lipinski definition) is 1. The van der Waals surface area contributed by atoms with E-state index in [-0.39, 0.29) is 24.3 Å². The molecule has 39 heavy (non-hydrogen) atoms. The van der Waals surface area contributed by atoms with Crippen molar-refractivity contribution in [2.75, 3.05) is 18.0 Å². The molecule has 1 aromatic carbocycles. The van der Waals surface area contributed by atoms with Crippen LogP contribution in [0, 0.1) is 0 Å². The maximum atomic E-state index is 13.2. The van der Waals surface area contributed by atoms with Gasteiger partial charge < -0.3 is 15.0 Å². The average Bonchev–Trinajstić information content (AvgIpc) is 3.34. The normalized spacial score (nSPS) is 14.4. The van der Waals surface area contributed by atoms with Gasteiger partial charge in [-0.15, -0.1) is 0 Å². The number of rotatable bonds is 6. The molecule has 3 aromatic heterocycles. The fraction of sp³-hybridized carbons (Fsp3) is 0.367. The monoisotopic (exact) mass is 526 g/mol. The van der Waals surface area contributed by atoms with Gasteiger partial charge in [-0.3, -0.25) is 14.5 Å². The number of fused-ring (bicyclic) bond motifs is 1. The van der Waals surface area contributed by atoms with E-state index in [1.54, 1.807) is 16.9 Å². The highest BCUT2D eigenvalue weighted by atomic mass is 16.6. The summed E-state index contributed by atoms with van der Waals surface area (Å²) in [7, 11) is 1.90. The van der Waals surface area contributed by atoms with Crippen LogP contribution in [0.25, 0.3) is 21.9 Å². The largest absolute Gasteiger partial charge is 0.444 e. The second-order valence-corrected chi connectivity index (χ2v) is 11.1. The molecule has 1 aliphatic heterocycles. The Morgan fingerprint density at radius 3 is 2.51 bits per heavy atom. The number of carbonyl (C=O) groups is 2. The lowest BCUT2D eigenvalue weighted by atomic mass is 10.0. The number of nitrogens with zero attached hydrogens (tertiary/aromatic N) is 5. The first-order valence-corrected chi connectivity index (χ1v) is 13.2. The van der Waals surface area contributed by atoms with Crippen molar-refractivity contribution in [2.45, 2.75) is 51.7 Å². The van der Waals surface area contributed by atoms with Gasteiger partial charge in [0.1, 0.15) is 11.4 Å². The first kappa shape index (κ1) is 26.3. The van der Waals surface area contributed by atoms with Gasteiger partial charge >= 0.3 is 6.09 Å². The lowest BCUT2D eigenvalue weighted by Gasteiger charge is -2.33. The molecule has 1 saturated heterocycles. The van der Waals surface area contributed by atoms with Gasteiger partial charge in [0.05, 0.1) is 12.6 Å². The minimum Gasteiger partial charge on any atom is -0.444 e. The molecule has 1 fully saturated rings. The van der Waals surface area contributed by atoms with Gasteiger partial charge in [0.2, 0.25) is 0 Å². The third-order valence-electron chi connectivity index (χ3n) is 6.77. The number of piperidine rings is 1. The quantitative estimate of drug-likeness (QED) is 0.355. The molecule has 202 valence electrons. The minimum absolute atomic E-state index is 0.00427. The summed E-state index contributed by atoms with van der Waals surface area (Å²) in [5.41, 5.74) is 2.93. The van der Waals surface area contributed by atoms with Crippen LogP contribution < -0.4 is 10.2 Å². The van der Waals surface area contributed by atoms with Crippen molar-refractivity contribution in [3.8, 4) is 11.1 Å². The van der Waals surface area contributed by atoms with Crippen molar-refractivity contribution >= 4 is 28.5 Å². The molecule has 0 aliphatic carbocycles. The van der Waals surface area contributed by atoms with Gasteiger partial charge in [-0.05, 0) is 68.8 Å². The predicted molar refractivity (Wildman–Crippen MR) is 151 cm³/mol. The molecular formula is C30H34N6O3. The lowest BCUT2D eigenvalue weighted by Crippen LogP contribution is -2.46. The van der Waals surface area contributed by atoms with E-state index >= 15 is 0 Å². The standard InChI is InChI=1S/C30H34N6O3/c1-30(2,3)39-29(38)34-25-8-11-36(12-9-25)28-15-21(7-10-31-28)27(37)16-26-14-23-13-20(5-6-22(23)17-32-26)24-18-33-35(4)19-24/h5-7,10,13-15,17-19,25H,8-9,11-12,16H2,1-4H3,(H,34,38). The first-order valence-electron chi connectivity index (χ1n) is 13.2. The van der Waals surface area contributed by atoms with Gasteiger partial charge in [-0.25, -0.2) is 9.78 Å². The van der Waals surface area contributed by atoms with Crippen LogP contribution in [0.3, 0.4) is 0 Å². The van der Waals surface area contributed by atoms with E-state index in [1.807, 2.05) is 64.6 Å². The number of hydrogen-bond acceptors (Lipinski definition) is 7. The van der Waals surface area contributed by atoms with Crippen molar-refractivity contribution in [3.63, 3.8) is 0 Å². The molecule has 4 aromatic rings. The lowest BCUT2D eigenvalue weighted by molar-refractivity contribution is 0.0497. The number of benzene rings is 1. The van der Waals surface area contributed by atoms with Crippen molar-refractivity contribution < 1.29 is 14.3 Å². The Kier molecular flexibility index (Phi) is 7.32. The summed E-state index contributed by atoms with van der Waals surface area (Å²) in [6, 6.07) is 11.8. The Bertz CT molecular complexity index is 1500. The number of nitrogens with one attached hydrogen (secondary N) is 1. The van der Waals surface area contributed by atoms with Crippen LogP contribution in [0.4, 0.5) is 10.6 Å². The van der Waals surface area contributed by atoms with E-state index in [9.17, 15) is 9.59 Å². The van der Waals surface area contributed by atoms with E-state index in [0.29, 0.717) is 5.56 Å². The Morgan fingerprint density at radius 1 is 1.00 bits per heavy atom. The summed E-state index contributed by atoms with van der Waals surface area (Å²) < 4.78 is 7.15. The van der Waals surface area contributed by atoms with Crippen LogP contribution in [-0.2, 0) is 18.2 Å². The summed E-state index contributed by atoms with van der Waals surface area (Å²) in [5.74, 6) is 0.763. The maximum absolute atomic E-state index is 13.2. The third kappa shape index (κ3) is 6.60. The van der Waals surface area contributed by atoms with Crippen LogP contribution in [0.15, 0.2) is 61.2 Å². The second kappa shape index (κ2) is 10.8. The molecule has 9 nitrogen and oxygen atoms in total. The fourth-order valence-electron chi connectivity index (χ4n) is 4.79. The topological polar surface area (TPSA) is 102 Å². The number of ketones is 1. The highest BCUT2D eigenvalue weighted by Crippen LogP contribution is 2.25. The van der Waals surface area contributed by atoms with Gasteiger partial charge in [0.15, 0.2) is 5.78 Å².